The second-order valence-corrected chi connectivity index (χ2v) is 3.78. The lowest BCUT2D eigenvalue weighted by atomic mass is 9.96. The SMILES string of the molecule is CNCCC(C)C(=O)c1cccc(N)c1. The Morgan fingerprint density at radius 2 is 2.27 bits per heavy atom. The van der Waals surface area contributed by atoms with E-state index in [1.165, 1.54) is 0 Å². The molecule has 3 N–H and O–H groups in total. The van der Waals surface area contributed by atoms with Crippen LogP contribution in [0.2, 0.25) is 0 Å². The van der Waals surface area contributed by atoms with E-state index in [2.05, 4.69) is 5.32 Å². The van der Waals surface area contributed by atoms with Crippen LogP contribution in [-0.2, 0) is 0 Å². The Bertz CT molecular complexity index is 336. The average molecular weight is 206 g/mol. The predicted octanol–water partition coefficient (Wildman–Crippen LogP) is 1.70. The van der Waals surface area contributed by atoms with Crippen LogP contribution in [0.4, 0.5) is 5.69 Å². The molecule has 0 saturated heterocycles. The fourth-order valence-electron chi connectivity index (χ4n) is 1.47. The number of hydrogen-bond donors (Lipinski definition) is 2. The van der Waals surface area contributed by atoms with Gasteiger partial charge in [0.15, 0.2) is 5.78 Å². The zero-order valence-corrected chi connectivity index (χ0v) is 9.29. The summed E-state index contributed by atoms with van der Waals surface area (Å²) in [7, 11) is 1.89. The predicted molar refractivity (Wildman–Crippen MR) is 62.9 cm³/mol. The standard InChI is InChI=1S/C12H18N2O/c1-9(6-7-14-2)12(15)10-4-3-5-11(13)8-10/h3-5,8-9,14H,6-7,13H2,1-2H3. The number of anilines is 1. The van der Waals surface area contributed by atoms with Crippen molar-refractivity contribution in [2.75, 3.05) is 19.3 Å². The summed E-state index contributed by atoms with van der Waals surface area (Å²) in [5.41, 5.74) is 6.98. The number of hydrogen-bond acceptors (Lipinski definition) is 3. The number of nitrogen functional groups attached to an aromatic ring is 1. The number of nitrogens with one attached hydrogen (secondary N) is 1. The van der Waals surface area contributed by atoms with Crippen LogP contribution in [0.15, 0.2) is 24.3 Å². The third kappa shape index (κ3) is 3.36. The van der Waals surface area contributed by atoms with Crippen LogP contribution in [0, 0.1) is 5.92 Å². The Morgan fingerprint density at radius 3 is 2.87 bits per heavy atom. The molecule has 0 aliphatic heterocycles. The zero-order chi connectivity index (χ0) is 11.3. The highest BCUT2D eigenvalue weighted by Gasteiger charge is 2.14. The van der Waals surface area contributed by atoms with Crippen LogP contribution in [0.1, 0.15) is 23.7 Å². The highest BCUT2D eigenvalue weighted by Crippen LogP contribution is 2.14. The lowest BCUT2D eigenvalue weighted by Gasteiger charge is -2.10. The maximum absolute atomic E-state index is 11.9. The second kappa shape index (κ2) is 5.51. The van der Waals surface area contributed by atoms with Crippen LogP contribution in [0.5, 0.6) is 0 Å². The topological polar surface area (TPSA) is 55.1 Å². The van der Waals surface area contributed by atoms with E-state index in [0.717, 1.165) is 13.0 Å². The molecule has 0 bridgehead atoms. The molecule has 3 heteroatoms. The maximum atomic E-state index is 11.9. The smallest absolute Gasteiger partial charge is 0.165 e. The van der Waals surface area contributed by atoms with Gasteiger partial charge in [0.2, 0.25) is 0 Å². The highest BCUT2D eigenvalue weighted by molar-refractivity contribution is 5.98. The molecular weight excluding hydrogens is 188 g/mol. The summed E-state index contributed by atoms with van der Waals surface area (Å²) in [5, 5.41) is 3.04. The maximum Gasteiger partial charge on any atom is 0.165 e. The van der Waals surface area contributed by atoms with Crippen molar-refractivity contribution in [2.45, 2.75) is 13.3 Å². The molecule has 0 saturated carbocycles. The first-order valence-electron chi connectivity index (χ1n) is 5.19. The summed E-state index contributed by atoms with van der Waals surface area (Å²) in [4.78, 5) is 11.9. The molecule has 0 radical (unpaired) electrons. The van der Waals surface area contributed by atoms with Crippen molar-refractivity contribution in [1.82, 2.24) is 5.32 Å². The van der Waals surface area contributed by atoms with E-state index in [1.807, 2.05) is 26.1 Å². The molecule has 15 heavy (non-hydrogen) atoms. The molecule has 82 valence electrons. The monoisotopic (exact) mass is 206 g/mol. The molecule has 1 aromatic rings. The van der Waals surface area contributed by atoms with Crippen LogP contribution < -0.4 is 11.1 Å². The van der Waals surface area contributed by atoms with Crippen molar-refractivity contribution in [2.24, 2.45) is 5.92 Å². The first-order valence-corrected chi connectivity index (χ1v) is 5.19. The minimum absolute atomic E-state index is 0.0410. The molecule has 0 aromatic heterocycles. The van der Waals surface area contributed by atoms with Gasteiger partial charge in [0.1, 0.15) is 0 Å². The van der Waals surface area contributed by atoms with Gasteiger partial charge in [0, 0.05) is 17.2 Å². The van der Waals surface area contributed by atoms with Crippen molar-refractivity contribution in [3.05, 3.63) is 29.8 Å². The second-order valence-electron chi connectivity index (χ2n) is 3.78. The fourth-order valence-corrected chi connectivity index (χ4v) is 1.47. The summed E-state index contributed by atoms with van der Waals surface area (Å²) < 4.78 is 0. The lowest BCUT2D eigenvalue weighted by molar-refractivity contribution is 0.0924. The Kier molecular flexibility index (Phi) is 4.31. The molecule has 0 amide bonds. The van der Waals surface area contributed by atoms with E-state index >= 15 is 0 Å². The van der Waals surface area contributed by atoms with Gasteiger partial charge in [-0.2, -0.15) is 0 Å². The van der Waals surface area contributed by atoms with Crippen molar-refractivity contribution in [3.63, 3.8) is 0 Å². The zero-order valence-electron chi connectivity index (χ0n) is 9.29. The fraction of sp³-hybridized carbons (Fsp3) is 0.417. The third-order valence-electron chi connectivity index (χ3n) is 2.45. The minimum atomic E-state index is 0.0410. The largest absolute Gasteiger partial charge is 0.399 e. The Morgan fingerprint density at radius 1 is 1.53 bits per heavy atom. The molecule has 0 aliphatic carbocycles. The van der Waals surface area contributed by atoms with E-state index < -0.39 is 0 Å². The lowest BCUT2D eigenvalue weighted by Crippen LogP contribution is -2.18. The van der Waals surface area contributed by atoms with E-state index in [1.54, 1.807) is 12.1 Å². The molecule has 1 rings (SSSR count). The highest BCUT2D eigenvalue weighted by atomic mass is 16.1. The number of Topliss-reactive ketones (excluding diaryl/α,β-unsaturated/α-hetero) is 1. The molecule has 1 unspecified atom stereocenters. The van der Waals surface area contributed by atoms with Gasteiger partial charge >= 0.3 is 0 Å². The Hall–Kier alpha value is -1.35. The molecule has 1 aromatic carbocycles. The summed E-state index contributed by atoms with van der Waals surface area (Å²) in [6, 6.07) is 7.15. The number of ketones is 1. The Labute approximate surface area is 90.7 Å². The number of carbonyl (C=O) groups excluding carboxylic acids is 1. The van der Waals surface area contributed by atoms with Gasteiger partial charge in [-0.25, -0.2) is 0 Å². The first kappa shape index (κ1) is 11.7. The van der Waals surface area contributed by atoms with Gasteiger partial charge in [-0.3, -0.25) is 4.79 Å². The van der Waals surface area contributed by atoms with E-state index in [4.69, 9.17) is 5.73 Å². The number of nitrogens with two attached hydrogens (primary N) is 1. The Balaban J connectivity index is 2.67. The normalized spacial score (nSPS) is 12.4. The van der Waals surface area contributed by atoms with Gasteiger partial charge in [-0.1, -0.05) is 19.1 Å². The minimum Gasteiger partial charge on any atom is -0.399 e. The quantitative estimate of drug-likeness (QED) is 0.569. The van der Waals surface area contributed by atoms with E-state index in [0.29, 0.717) is 11.3 Å². The van der Waals surface area contributed by atoms with Crippen LogP contribution in [-0.4, -0.2) is 19.4 Å². The van der Waals surface area contributed by atoms with Crippen molar-refractivity contribution in [1.29, 1.82) is 0 Å². The van der Waals surface area contributed by atoms with Gasteiger partial charge in [0.25, 0.3) is 0 Å². The molecule has 3 nitrogen and oxygen atoms in total. The molecule has 0 heterocycles. The third-order valence-corrected chi connectivity index (χ3v) is 2.45. The van der Waals surface area contributed by atoms with Gasteiger partial charge < -0.3 is 11.1 Å². The summed E-state index contributed by atoms with van der Waals surface area (Å²) in [5.74, 6) is 0.205. The van der Waals surface area contributed by atoms with Gasteiger partial charge in [-0.15, -0.1) is 0 Å². The van der Waals surface area contributed by atoms with Crippen LogP contribution >= 0.6 is 0 Å². The van der Waals surface area contributed by atoms with Crippen LogP contribution in [0.25, 0.3) is 0 Å². The summed E-state index contributed by atoms with van der Waals surface area (Å²) >= 11 is 0. The first-order chi connectivity index (χ1) is 7.15. The van der Waals surface area contributed by atoms with Crippen molar-refractivity contribution < 1.29 is 4.79 Å². The number of carbonyl (C=O) groups is 1. The average Bonchev–Trinajstić information content (AvgIpc) is 2.24. The molecule has 0 aliphatic rings. The number of rotatable bonds is 5. The molecule has 0 spiro atoms. The molecule has 1 atom stereocenters. The van der Waals surface area contributed by atoms with Crippen molar-refractivity contribution in [3.8, 4) is 0 Å². The van der Waals surface area contributed by atoms with Crippen molar-refractivity contribution >= 4 is 11.5 Å². The molecule has 0 fully saturated rings. The summed E-state index contributed by atoms with van der Waals surface area (Å²) in [6.45, 7) is 2.80. The van der Waals surface area contributed by atoms with Gasteiger partial charge in [-0.05, 0) is 32.1 Å². The number of benzene rings is 1. The van der Waals surface area contributed by atoms with E-state index in [9.17, 15) is 4.79 Å². The summed E-state index contributed by atoms with van der Waals surface area (Å²) in [6.07, 6.45) is 0.851. The van der Waals surface area contributed by atoms with Gasteiger partial charge in [0.05, 0.1) is 0 Å². The molecular formula is C12H18N2O. The van der Waals surface area contributed by atoms with E-state index in [-0.39, 0.29) is 11.7 Å². The van der Waals surface area contributed by atoms with Crippen LogP contribution in [0.3, 0.4) is 0 Å².